The molecular formula is C27H26N6O5S. The van der Waals surface area contributed by atoms with Crippen molar-refractivity contribution in [3.8, 4) is 34.3 Å². The van der Waals surface area contributed by atoms with Crippen LogP contribution in [0.25, 0.3) is 17.1 Å². The number of amides is 1. The van der Waals surface area contributed by atoms with E-state index in [0.29, 0.717) is 34.7 Å². The SMILES string of the molecule is CCOc1ccc(-n2c(SCC(=O)NN=Cc3ccc(OC(C)=O)c(OC)c3)nnc2-c2cccnc2)cc1. The Bertz CT molecular complexity index is 1460. The molecule has 0 unspecified atom stereocenters. The van der Waals surface area contributed by atoms with Crippen LogP contribution in [0.3, 0.4) is 0 Å². The van der Waals surface area contributed by atoms with Crippen LogP contribution in [-0.2, 0) is 9.59 Å². The van der Waals surface area contributed by atoms with Gasteiger partial charge in [-0.1, -0.05) is 11.8 Å². The molecule has 2 aromatic carbocycles. The van der Waals surface area contributed by atoms with Crippen LogP contribution in [0.1, 0.15) is 19.4 Å². The van der Waals surface area contributed by atoms with Crippen molar-refractivity contribution in [2.45, 2.75) is 19.0 Å². The van der Waals surface area contributed by atoms with E-state index < -0.39 is 5.97 Å². The Balaban J connectivity index is 1.46. The molecule has 2 aromatic heterocycles. The first-order valence-corrected chi connectivity index (χ1v) is 12.9. The second-order valence-electron chi connectivity index (χ2n) is 7.90. The first kappa shape index (κ1) is 27.3. The smallest absolute Gasteiger partial charge is 0.308 e. The molecular weight excluding hydrogens is 520 g/mol. The molecule has 0 saturated heterocycles. The molecule has 4 rings (SSSR count). The third-order valence-corrected chi connectivity index (χ3v) is 6.06. The van der Waals surface area contributed by atoms with Gasteiger partial charge in [-0.2, -0.15) is 5.10 Å². The van der Waals surface area contributed by atoms with Crippen molar-refractivity contribution in [3.05, 3.63) is 72.6 Å². The molecule has 4 aromatic rings. The molecule has 200 valence electrons. The number of pyridine rings is 1. The van der Waals surface area contributed by atoms with Crippen molar-refractivity contribution in [1.82, 2.24) is 25.2 Å². The lowest BCUT2D eigenvalue weighted by Gasteiger charge is -2.11. The minimum absolute atomic E-state index is 0.0499. The molecule has 0 saturated carbocycles. The zero-order valence-corrected chi connectivity index (χ0v) is 22.3. The van der Waals surface area contributed by atoms with Crippen molar-refractivity contribution < 1.29 is 23.8 Å². The predicted octanol–water partition coefficient (Wildman–Crippen LogP) is 3.90. The monoisotopic (exact) mass is 546 g/mol. The van der Waals surface area contributed by atoms with Crippen molar-refractivity contribution in [1.29, 1.82) is 0 Å². The topological polar surface area (TPSA) is 130 Å². The van der Waals surface area contributed by atoms with E-state index >= 15 is 0 Å². The largest absolute Gasteiger partial charge is 0.494 e. The molecule has 0 bridgehead atoms. The van der Waals surface area contributed by atoms with Gasteiger partial charge in [-0.05, 0) is 67.1 Å². The molecule has 0 spiro atoms. The number of rotatable bonds is 11. The number of esters is 1. The van der Waals surface area contributed by atoms with E-state index in [4.69, 9.17) is 14.2 Å². The zero-order valence-electron chi connectivity index (χ0n) is 21.5. The minimum atomic E-state index is -0.453. The van der Waals surface area contributed by atoms with E-state index in [0.717, 1.165) is 17.0 Å². The second kappa shape index (κ2) is 13.2. The van der Waals surface area contributed by atoms with Gasteiger partial charge in [0.15, 0.2) is 22.5 Å². The van der Waals surface area contributed by atoms with Gasteiger partial charge in [0.1, 0.15) is 5.75 Å². The van der Waals surface area contributed by atoms with Crippen LogP contribution in [0.4, 0.5) is 0 Å². The average Bonchev–Trinajstić information content (AvgIpc) is 3.37. The number of hydrogen-bond acceptors (Lipinski definition) is 10. The van der Waals surface area contributed by atoms with Crippen LogP contribution in [0.5, 0.6) is 17.2 Å². The summed E-state index contributed by atoms with van der Waals surface area (Å²) >= 11 is 1.22. The maximum absolute atomic E-state index is 12.5. The minimum Gasteiger partial charge on any atom is -0.494 e. The second-order valence-corrected chi connectivity index (χ2v) is 8.84. The number of ether oxygens (including phenoxy) is 3. The highest BCUT2D eigenvalue weighted by Gasteiger charge is 2.17. The van der Waals surface area contributed by atoms with Crippen molar-refractivity contribution >= 4 is 29.9 Å². The Hall–Kier alpha value is -4.71. The predicted molar refractivity (Wildman–Crippen MR) is 147 cm³/mol. The van der Waals surface area contributed by atoms with E-state index in [1.165, 1.54) is 32.0 Å². The summed E-state index contributed by atoms with van der Waals surface area (Å²) in [6.07, 6.45) is 4.86. The number of nitrogens with zero attached hydrogens (tertiary/aromatic N) is 5. The summed E-state index contributed by atoms with van der Waals surface area (Å²) in [6.45, 7) is 3.80. The molecule has 11 nitrogen and oxygen atoms in total. The van der Waals surface area contributed by atoms with Crippen LogP contribution in [0.15, 0.2) is 77.2 Å². The fourth-order valence-electron chi connectivity index (χ4n) is 3.48. The van der Waals surface area contributed by atoms with Crippen molar-refractivity contribution in [2.75, 3.05) is 19.5 Å². The highest BCUT2D eigenvalue weighted by molar-refractivity contribution is 7.99. The normalized spacial score (nSPS) is 10.8. The highest BCUT2D eigenvalue weighted by Crippen LogP contribution is 2.29. The molecule has 0 aliphatic rings. The van der Waals surface area contributed by atoms with E-state index in [9.17, 15) is 9.59 Å². The van der Waals surface area contributed by atoms with Crippen LogP contribution < -0.4 is 19.6 Å². The standard InChI is InChI=1S/C27H26N6O5S/c1-4-37-22-10-8-21(9-11-22)33-26(20-6-5-13-28-16-20)31-32-27(33)39-17-25(35)30-29-15-19-7-12-23(38-18(2)34)24(14-19)36-3/h5-16H,4,17H2,1-3H3,(H,30,35). The molecule has 0 atom stereocenters. The average molecular weight is 547 g/mol. The quantitative estimate of drug-likeness (QED) is 0.0978. The summed E-state index contributed by atoms with van der Waals surface area (Å²) in [6, 6.07) is 16.2. The van der Waals surface area contributed by atoms with Crippen LogP contribution >= 0.6 is 11.8 Å². The summed E-state index contributed by atoms with van der Waals surface area (Å²) in [7, 11) is 1.47. The molecule has 1 amide bonds. The molecule has 0 aliphatic carbocycles. The number of benzene rings is 2. The van der Waals surface area contributed by atoms with E-state index in [1.807, 2.05) is 47.9 Å². The molecule has 1 N–H and O–H groups in total. The Morgan fingerprint density at radius 2 is 1.92 bits per heavy atom. The molecule has 0 aliphatic heterocycles. The lowest BCUT2D eigenvalue weighted by Crippen LogP contribution is -2.20. The zero-order chi connectivity index (χ0) is 27.6. The molecule has 0 fully saturated rings. The fraction of sp³-hybridized carbons (Fsp3) is 0.185. The van der Waals surface area contributed by atoms with Crippen molar-refractivity contribution in [2.24, 2.45) is 5.10 Å². The van der Waals surface area contributed by atoms with Gasteiger partial charge in [0.2, 0.25) is 0 Å². The molecule has 0 radical (unpaired) electrons. The van der Waals surface area contributed by atoms with Gasteiger partial charge in [-0.3, -0.25) is 19.1 Å². The fourth-order valence-corrected chi connectivity index (χ4v) is 4.23. The number of carbonyl (C=O) groups excluding carboxylic acids is 2. The lowest BCUT2D eigenvalue weighted by atomic mass is 10.2. The number of thioether (sulfide) groups is 1. The first-order chi connectivity index (χ1) is 19.0. The summed E-state index contributed by atoms with van der Waals surface area (Å²) in [4.78, 5) is 27.9. The Kier molecular flexibility index (Phi) is 9.25. The summed E-state index contributed by atoms with van der Waals surface area (Å²) in [5.74, 6) is 1.28. The van der Waals surface area contributed by atoms with Gasteiger partial charge >= 0.3 is 5.97 Å². The van der Waals surface area contributed by atoms with Gasteiger partial charge in [-0.25, -0.2) is 5.43 Å². The highest BCUT2D eigenvalue weighted by atomic mass is 32.2. The maximum atomic E-state index is 12.5. The number of hydrogen-bond donors (Lipinski definition) is 1. The summed E-state index contributed by atoms with van der Waals surface area (Å²) in [5.41, 5.74) is 4.75. The third kappa shape index (κ3) is 7.20. The maximum Gasteiger partial charge on any atom is 0.308 e. The number of carbonyl (C=O) groups is 2. The van der Waals surface area contributed by atoms with Crippen LogP contribution in [0.2, 0.25) is 0 Å². The van der Waals surface area contributed by atoms with Gasteiger partial charge < -0.3 is 14.2 Å². The number of nitrogens with one attached hydrogen (secondary N) is 1. The molecule has 2 heterocycles. The van der Waals surface area contributed by atoms with Crippen LogP contribution in [-0.4, -0.2) is 57.3 Å². The van der Waals surface area contributed by atoms with Crippen LogP contribution in [0, 0.1) is 0 Å². The number of methoxy groups -OCH3 is 1. The first-order valence-electron chi connectivity index (χ1n) is 11.9. The molecule has 39 heavy (non-hydrogen) atoms. The third-order valence-electron chi connectivity index (χ3n) is 5.14. The van der Waals surface area contributed by atoms with Gasteiger partial charge in [0.25, 0.3) is 5.91 Å². The summed E-state index contributed by atoms with van der Waals surface area (Å²) in [5, 5.41) is 13.2. The van der Waals surface area contributed by atoms with E-state index in [2.05, 4.69) is 25.7 Å². The Morgan fingerprint density at radius 1 is 1.10 bits per heavy atom. The molecule has 12 heteroatoms. The lowest BCUT2D eigenvalue weighted by molar-refractivity contribution is -0.132. The van der Waals surface area contributed by atoms with E-state index in [-0.39, 0.29) is 11.7 Å². The van der Waals surface area contributed by atoms with Gasteiger partial charge in [0.05, 0.1) is 25.7 Å². The van der Waals surface area contributed by atoms with Gasteiger partial charge in [0, 0.05) is 30.6 Å². The summed E-state index contributed by atoms with van der Waals surface area (Å²) < 4.78 is 17.8. The van der Waals surface area contributed by atoms with E-state index in [1.54, 1.807) is 30.6 Å². The number of hydrazone groups is 1. The van der Waals surface area contributed by atoms with Crippen molar-refractivity contribution in [3.63, 3.8) is 0 Å². The number of aromatic nitrogens is 4. The Morgan fingerprint density at radius 3 is 2.62 bits per heavy atom. The Labute approximate surface area is 229 Å². The van der Waals surface area contributed by atoms with Gasteiger partial charge in [-0.15, -0.1) is 10.2 Å².